The first-order chi connectivity index (χ1) is 11.9. The molecule has 1 amide bonds. The highest BCUT2D eigenvalue weighted by atomic mass is 35.5. The van der Waals surface area contributed by atoms with Crippen molar-refractivity contribution in [1.82, 2.24) is 15.3 Å². The predicted molar refractivity (Wildman–Crippen MR) is 95.1 cm³/mol. The molecule has 2 heterocycles. The van der Waals surface area contributed by atoms with E-state index >= 15 is 0 Å². The largest absolute Gasteiger partial charge is 0.480 e. The van der Waals surface area contributed by atoms with Gasteiger partial charge in [0.2, 0.25) is 0 Å². The normalized spacial score (nSPS) is 12.1. The molecule has 0 radical (unpaired) electrons. The van der Waals surface area contributed by atoms with Gasteiger partial charge in [0, 0.05) is 29.1 Å². The van der Waals surface area contributed by atoms with Crippen LogP contribution < -0.4 is 5.32 Å². The zero-order valence-corrected chi connectivity index (χ0v) is 14.3. The Bertz CT molecular complexity index is 935. The molecule has 2 aromatic heterocycles. The molecule has 6 nitrogen and oxygen atoms in total. The van der Waals surface area contributed by atoms with Crippen molar-refractivity contribution < 1.29 is 14.7 Å². The number of halogens is 2. The average molecular weight is 378 g/mol. The lowest BCUT2D eigenvalue weighted by Gasteiger charge is -2.14. The number of hydrogen-bond donors (Lipinski definition) is 3. The number of carboxylic acid groups (broad SMARTS) is 1. The fourth-order valence-corrected chi connectivity index (χ4v) is 3.02. The van der Waals surface area contributed by atoms with Crippen LogP contribution in [0.4, 0.5) is 0 Å². The van der Waals surface area contributed by atoms with E-state index < -0.39 is 17.9 Å². The summed E-state index contributed by atoms with van der Waals surface area (Å²) < 4.78 is 0. The van der Waals surface area contributed by atoms with Gasteiger partial charge in [-0.05, 0) is 23.8 Å². The zero-order valence-electron chi connectivity index (χ0n) is 12.8. The standard InChI is InChI=1S/C17H13Cl2N3O3/c18-14-6-9(7-15(19)22-14)16(23)21-13(17(24)25)5-10-8-20-12-4-2-1-3-11(10)12/h1-4,6-8,13,20H,5H2,(H,21,23)(H,24,25). The summed E-state index contributed by atoms with van der Waals surface area (Å²) in [6.45, 7) is 0. The van der Waals surface area contributed by atoms with E-state index in [0.29, 0.717) is 0 Å². The van der Waals surface area contributed by atoms with Crippen LogP contribution in [0.3, 0.4) is 0 Å². The van der Waals surface area contributed by atoms with Gasteiger partial charge in [-0.2, -0.15) is 0 Å². The van der Waals surface area contributed by atoms with Gasteiger partial charge in [-0.15, -0.1) is 0 Å². The molecule has 0 aliphatic carbocycles. The number of aromatic amines is 1. The minimum atomic E-state index is -1.13. The van der Waals surface area contributed by atoms with E-state index in [1.165, 1.54) is 12.1 Å². The van der Waals surface area contributed by atoms with Gasteiger partial charge in [0.1, 0.15) is 16.3 Å². The van der Waals surface area contributed by atoms with E-state index in [1.54, 1.807) is 6.20 Å². The summed E-state index contributed by atoms with van der Waals surface area (Å²) >= 11 is 11.6. The number of rotatable bonds is 5. The van der Waals surface area contributed by atoms with E-state index in [-0.39, 0.29) is 22.3 Å². The number of para-hydroxylation sites is 1. The summed E-state index contributed by atoms with van der Waals surface area (Å²) in [5, 5.41) is 13.0. The van der Waals surface area contributed by atoms with Crippen LogP contribution in [0.25, 0.3) is 10.9 Å². The minimum absolute atomic E-state index is 0.0566. The van der Waals surface area contributed by atoms with E-state index in [2.05, 4.69) is 15.3 Å². The van der Waals surface area contributed by atoms with Crippen molar-refractivity contribution in [2.24, 2.45) is 0 Å². The number of nitrogens with one attached hydrogen (secondary N) is 2. The highest BCUT2D eigenvalue weighted by molar-refractivity contribution is 6.33. The molecule has 0 aliphatic rings. The summed E-state index contributed by atoms with van der Waals surface area (Å²) in [4.78, 5) is 30.7. The quantitative estimate of drug-likeness (QED) is 0.594. The van der Waals surface area contributed by atoms with Gasteiger partial charge >= 0.3 is 5.97 Å². The fraction of sp³-hybridized carbons (Fsp3) is 0.118. The second-order valence-electron chi connectivity index (χ2n) is 5.43. The van der Waals surface area contributed by atoms with Crippen LogP contribution in [-0.2, 0) is 11.2 Å². The average Bonchev–Trinajstić information content (AvgIpc) is 2.96. The molecule has 0 bridgehead atoms. The molecule has 0 aliphatic heterocycles. The van der Waals surface area contributed by atoms with Gasteiger partial charge in [-0.1, -0.05) is 41.4 Å². The van der Waals surface area contributed by atoms with Crippen LogP contribution in [-0.4, -0.2) is 33.0 Å². The Morgan fingerprint density at radius 2 is 1.88 bits per heavy atom. The van der Waals surface area contributed by atoms with E-state index in [1.807, 2.05) is 24.3 Å². The molecule has 0 saturated heterocycles. The van der Waals surface area contributed by atoms with E-state index in [9.17, 15) is 14.7 Å². The number of aliphatic carboxylic acids is 1. The van der Waals surface area contributed by atoms with Crippen LogP contribution in [0.1, 0.15) is 15.9 Å². The third kappa shape index (κ3) is 3.92. The second kappa shape index (κ2) is 7.13. The first-order valence-electron chi connectivity index (χ1n) is 7.36. The van der Waals surface area contributed by atoms with E-state index in [4.69, 9.17) is 23.2 Å². The first kappa shape index (κ1) is 17.3. The summed E-state index contributed by atoms with van der Waals surface area (Å²) in [5.41, 5.74) is 1.85. The Morgan fingerprint density at radius 1 is 1.20 bits per heavy atom. The van der Waals surface area contributed by atoms with Crippen molar-refractivity contribution in [3.05, 3.63) is 64.0 Å². The summed E-state index contributed by atoms with van der Waals surface area (Å²) in [5.74, 6) is -1.72. The van der Waals surface area contributed by atoms with Crippen LogP contribution in [0, 0.1) is 0 Å². The number of pyridine rings is 1. The molecule has 25 heavy (non-hydrogen) atoms. The molecule has 8 heteroatoms. The van der Waals surface area contributed by atoms with E-state index in [0.717, 1.165) is 16.5 Å². The van der Waals surface area contributed by atoms with Crippen molar-refractivity contribution >= 4 is 46.0 Å². The van der Waals surface area contributed by atoms with Gasteiger partial charge in [0.15, 0.2) is 0 Å². The maximum absolute atomic E-state index is 12.3. The van der Waals surface area contributed by atoms with Crippen LogP contribution >= 0.6 is 23.2 Å². The highest BCUT2D eigenvalue weighted by Crippen LogP contribution is 2.20. The predicted octanol–water partition coefficient (Wildman–Crippen LogP) is 3.30. The molecule has 1 atom stereocenters. The third-order valence-electron chi connectivity index (χ3n) is 3.73. The van der Waals surface area contributed by atoms with Crippen molar-refractivity contribution in [3.8, 4) is 0 Å². The van der Waals surface area contributed by atoms with Crippen LogP contribution in [0.2, 0.25) is 10.3 Å². The van der Waals surface area contributed by atoms with Crippen molar-refractivity contribution in [3.63, 3.8) is 0 Å². The topological polar surface area (TPSA) is 95.1 Å². The number of fused-ring (bicyclic) bond motifs is 1. The third-order valence-corrected chi connectivity index (χ3v) is 4.11. The minimum Gasteiger partial charge on any atom is -0.480 e. The summed E-state index contributed by atoms with van der Waals surface area (Å²) in [6.07, 6.45) is 1.88. The maximum Gasteiger partial charge on any atom is 0.326 e. The lowest BCUT2D eigenvalue weighted by atomic mass is 10.0. The lowest BCUT2D eigenvalue weighted by molar-refractivity contribution is -0.139. The smallest absolute Gasteiger partial charge is 0.326 e. The Labute approximate surface area is 152 Å². The SMILES string of the molecule is O=C(NC(Cc1c[nH]c2ccccc12)C(=O)O)c1cc(Cl)nc(Cl)c1. The number of nitrogens with zero attached hydrogens (tertiary/aromatic N) is 1. The fourth-order valence-electron chi connectivity index (χ4n) is 2.56. The Morgan fingerprint density at radius 3 is 2.56 bits per heavy atom. The molecule has 3 N–H and O–H groups in total. The number of aromatic nitrogens is 2. The molecule has 128 valence electrons. The maximum atomic E-state index is 12.3. The van der Waals surface area contributed by atoms with Gasteiger partial charge in [0.25, 0.3) is 5.91 Å². The van der Waals surface area contributed by atoms with Crippen LogP contribution in [0.5, 0.6) is 0 Å². The monoisotopic (exact) mass is 377 g/mol. The van der Waals surface area contributed by atoms with Crippen molar-refractivity contribution in [1.29, 1.82) is 0 Å². The molecule has 0 spiro atoms. The van der Waals surface area contributed by atoms with Crippen molar-refractivity contribution in [2.45, 2.75) is 12.5 Å². The summed E-state index contributed by atoms with van der Waals surface area (Å²) in [7, 11) is 0. The molecule has 1 unspecified atom stereocenters. The Kier molecular flexibility index (Phi) is 4.92. The van der Waals surface area contributed by atoms with Gasteiger partial charge in [0.05, 0.1) is 0 Å². The molecule has 0 saturated carbocycles. The first-order valence-corrected chi connectivity index (χ1v) is 8.11. The number of carbonyl (C=O) groups is 2. The van der Waals surface area contributed by atoms with Gasteiger partial charge in [-0.25, -0.2) is 9.78 Å². The number of hydrogen-bond acceptors (Lipinski definition) is 3. The molecule has 3 rings (SSSR count). The van der Waals surface area contributed by atoms with Crippen LogP contribution in [0.15, 0.2) is 42.6 Å². The lowest BCUT2D eigenvalue weighted by Crippen LogP contribution is -2.42. The number of H-pyrrole nitrogens is 1. The molecular formula is C17H13Cl2N3O3. The second-order valence-corrected chi connectivity index (χ2v) is 6.20. The van der Waals surface area contributed by atoms with Gasteiger partial charge < -0.3 is 15.4 Å². The van der Waals surface area contributed by atoms with Crippen molar-refractivity contribution in [2.75, 3.05) is 0 Å². The summed E-state index contributed by atoms with van der Waals surface area (Å²) in [6, 6.07) is 9.10. The van der Waals surface area contributed by atoms with Gasteiger partial charge in [-0.3, -0.25) is 4.79 Å². The molecule has 1 aromatic carbocycles. The Hall–Kier alpha value is -2.57. The molecular weight excluding hydrogens is 365 g/mol. The number of amides is 1. The molecule has 0 fully saturated rings. The number of carbonyl (C=O) groups excluding carboxylic acids is 1. The number of benzene rings is 1. The molecule has 3 aromatic rings. The zero-order chi connectivity index (χ0) is 18.0. The highest BCUT2D eigenvalue weighted by Gasteiger charge is 2.23. The Balaban J connectivity index is 1.82. The number of carboxylic acids is 1.